The number of rotatable bonds is 3. The van der Waals surface area contributed by atoms with E-state index < -0.39 is 17.2 Å². The van der Waals surface area contributed by atoms with E-state index in [-0.39, 0.29) is 10.9 Å². The Labute approximate surface area is 125 Å². The van der Waals surface area contributed by atoms with Gasteiger partial charge in [-0.3, -0.25) is 4.79 Å². The van der Waals surface area contributed by atoms with Gasteiger partial charge in [-0.25, -0.2) is 0 Å². The van der Waals surface area contributed by atoms with E-state index in [1.807, 2.05) is 0 Å². The van der Waals surface area contributed by atoms with E-state index in [1.165, 1.54) is 12.1 Å². The van der Waals surface area contributed by atoms with E-state index >= 15 is 0 Å². The van der Waals surface area contributed by atoms with E-state index in [4.69, 9.17) is 18.0 Å². The second-order valence-corrected chi connectivity index (χ2v) is 5.62. The highest BCUT2D eigenvalue weighted by Gasteiger charge is 2.44. The molecule has 3 N–H and O–H groups in total. The van der Waals surface area contributed by atoms with Crippen molar-refractivity contribution in [3.63, 3.8) is 0 Å². The Hall–Kier alpha value is -1.63. The van der Waals surface area contributed by atoms with E-state index in [1.54, 1.807) is 0 Å². The first-order valence-electron chi connectivity index (χ1n) is 6.54. The number of benzene rings is 1. The summed E-state index contributed by atoms with van der Waals surface area (Å²) >= 11 is 5.00. The minimum absolute atomic E-state index is 0.143. The topological polar surface area (TPSA) is 55.1 Å². The third-order valence-corrected chi connectivity index (χ3v) is 4.22. The first-order valence-corrected chi connectivity index (χ1v) is 6.95. The van der Waals surface area contributed by atoms with E-state index in [0.717, 1.165) is 25.0 Å². The van der Waals surface area contributed by atoms with Crippen LogP contribution in [0, 0.1) is 5.41 Å². The smallest absolute Gasteiger partial charge is 0.392 e. The molecule has 0 unspecified atom stereocenters. The van der Waals surface area contributed by atoms with Gasteiger partial charge in [0.05, 0.1) is 16.0 Å². The summed E-state index contributed by atoms with van der Waals surface area (Å²) in [4.78, 5) is 12.5. The fraction of sp³-hybridized carbons (Fsp3) is 0.429. The largest absolute Gasteiger partial charge is 0.416 e. The van der Waals surface area contributed by atoms with Crippen molar-refractivity contribution in [2.24, 2.45) is 11.1 Å². The molecule has 0 bridgehead atoms. The zero-order chi connectivity index (χ0) is 15.7. The van der Waals surface area contributed by atoms with Gasteiger partial charge in [0.2, 0.25) is 5.91 Å². The van der Waals surface area contributed by atoms with Gasteiger partial charge in [0.1, 0.15) is 0 Å². The van der Waals surface area contributed by atoms with Crippen molar-refractivity contribution >= 4 is 28.8 Å². The third-order valence-electron chi connectivity index (χ3n) is 3.83. The molecule has 0 saturated heterocycles. The van der Waals surface area contributed by atoms with Crippen LogP contribution in [0.5, 0.6) is 0 Å². The molecular formula is C14H15F3N2OS. The van der Waals surface area contributed by atoms with E-state index in [0.29, 0.717) is 18.5 Å². The summed E-state index contributed by atoms with van der Waals surface area (Å²) in [6.07, 6.45) is -1.52. The Kier molecular flexibility index (Phi) is 4.22. The van der Waals surface area contributed by atoms with Crippen LogP contribution in [0.3, 0.4) is 0 Å². The molecule has 0 heterocycles. The molecule has 0 aliphatic heterocycles. The lowest BCUT2D eigenvalue weighted by Gasteiger charge is -2.26. The summed E-state index contributed by atoms with van der Waals surface area (Å²) in [5.41, 5.74) is 4.36. The summed E-state index contributed by atoms with van der Waals surface area (Å²) in [5, 5.41) is 2.61. The molecule has 0 aromatic heterocycles. The second kappa shape index (κ2) is 5.63. The number of thiocarbonyl (C=S) groups is 1. The SMILES string of the molecule is NC(=S)C1(C(=O)Nc2ccc(C(F)(F)F)cc2)CCCC1. The number of alkyl halides is 3. The van der Waals surface area contributed by atoms with Crippen LogP contribution >= 0.6 is 12.2 Å². The van der Waals surface area contributed by atoms with Crippen LogP contribution < -0.4 is 11.1 Å². The Balaban J connectivity index is 2.14. The summed E-state index contributed by atoms with van der Waals surface area (Å²) in [6, 6.07) is 4.31. The highest BCUT2D eigenvalue weighted by atomic mass is 32.1. The molecule has 114 valence electrons. The van der Waals surface area contributed by atoms with Gasteiger partial charge >= 0.3 is 6.18 Å². The van der Waals surface area contributed by atoms with E-state index in [9.17, 15) is 18.0 Å². The molecule has 1 saturated carbocycles. The Bertz CT molecular complexity index is 548. The predicted octanol–water partition coefficient (Wildman–Crippen LogP) is 3.49. The number of nitrogens with one attached hydrogen (secondary N) is 1. The number of hydrogen-bond acceptors (Lipinski definition) is 2. The molecule has 1 aliphatic rings. The second-order valence-electron chi connectivity index (χ2n) is 5.18. The molecule has 7 heteroatoms. The number of anilines is 1. The van der Waals surface area contributed by atoms with Crippen molar-refractivity contribution < 1.29 is 18.0 Å². The molecule has 2 rings (SSSR count). The molecule has 1 aromatic rings. The molecule has 1 fully saturated rings. The molecular weight excluding hydrogens is 301 g/mol. The fourth-order valence-electron chi connectivity index (χ4n) is 2.56. The van der Waals surface area contributed by atoms with Crippen LogP contribution in [0.1, 0.15) is 31.2 Å². The van der Waals surface area contributed by atoms with Crippen molar-refractivity contribution in [3.8, 4) is 0 Å². The van der Waals surface area contributed by atoms with Crippen LogP contribution in [0.25, 0.3) is 0 Å². The summed E-state index contributed by atoms with van der Waals surface area (Å²) in [6.45, 7) is 0. The molecule has 0 spiro atoms. The molecule has 1 aliphatic carbocycles. The van der Waals surface area contributed by atoms with E-state index in [2.05, 4.69) is 5.32 Å². The van der Waals surface area contributed by atoms with Gasteiger partial charge in [0.15, 0.2) is 0 Å². The molecule has 3 nitrogen and oxygen atoms in total. The Morgan fingerprint density at radius 3 is 2.14 bits per heavy atom. The van der Waals surface area contributed by atoms with Crippen LogP contribution in [-0.2, 0) is 11.0 Å². The first kappa shape index (κ1) is 15.8. The van der Waals surface area contributed by atoms with Gasteiger partial charge in [-0.1, -0.05) is 25.1 Å². The Morgan fingerprint density at radius 1 is 1.19 bits per heavy atom. The number of carbonyl (C=O) groups is 1. The van der Waals surface area contributed by atoms with Crippen LogP contribution in [0.15, 0.2) is 24.3 Å². The lowest BCUT2D eigenvalue weighted by atomic mass is 9.85. The minimum atomic E-state index is -4.39. The standard InChI is InChI=1S/C14H15F3N2OS/c15-14(16,17)9-3-5-10(6-4-9)19-12(20)13(11(18)21)7-1-2-8-13/h3-6H,1-2,7-8H2,(H2,18,21)(H,19,20). The van der Waals surface area contributed by atoms with Crippen LogP contribution in [0.4, 0.5) is 18.9 Å². The normalized spacial score (nSPS) is 17.5. The Morgan fingerprint density at radius 2 is 1.71 bits per heavy atom. The number of amides is 1. The fourth-order valence-corrected chi connectivity index (χ4v) is 2.85. The molecule has 0 atom stereocenters. The zero-order valence-corrected chi connectivity index (χ0v) is 12.0. The van der Waals surface area contributed by atoms with Crippen LogP contribution in [0.2, 0.25) is 0 Å². The molecule has 0 radical (unpaired) electrons. The van der Waals surface area contributed by atoms with Gasteiger partial charge in [0.25, 0.3) is 0 Å². The van der Waals surface area contributed by atoms with Gasteiger partial charge in [-0.05, 0) is 37.1 Å². The highest BCUT2D eigenvalue weighted by molar-refractivity contribution is 7.80. The highest BCUT2D eigenvalue weighted by Crippen LogP contribution is 2.39. The summed E-state index contributed by atoms with van der Waals surface area (Å²) in [7, 11) is 0. The van der Waals surface area contributed by atoms with Gasteiger partial charge in [0, 0.05) is 5.69 Å². The third kappa shape index (κ3) is 3.18. The lowest BCUT2D eigenvalue weighted by molar-refractivity contribution is -0.137. The van der Waals surface area contributed by atoms with Crippen molar-refractivity contribution in [2.75, 3.05) is 5.32 Å². The van der Waals surface area contributed by atoms with Crippen molar-refractivity contribution in [3.05, 3.63) is 29.8 Å². The lowest BCUT2D eigenvalue weighted by Crippen LogP contribution is -2.43. The van der Waals surface area contributed by atoms with Gasteiger partial charge in [-0.15, -0.1) is 0 Å². The predicted molar refractivity (Wildman–Crippen MR) is 77.8 cm³/mol. The quantitative estimate of drug-likeness (QED) is 0.839. The number of nitrogens with two attached hydrogens (primary N) is 1. The average molecular weight is 316 g/mol. The zero-order valence-electron chi connectivity index (χ0n) is 11.2. The van der Waals surface area contributed by atoms with Crippen molar-refractivity contribution in [1.29, 1.82) is 0 Å². The molecule has 1 aromatic carbocycles. The number of halogens is 3. The molecule has 1 amide bonds. The van der Waals surface area contributed by atoms with Gasteiger partial charge in [-0.2, -0.15) is 13.2 Å². The number of hydrogen-bond donors (Lipinski definition) is 2. The van der Waals surface area contributed by atoms with Crippen molar-refractivity contribution in [2.45, 2.75) is 31.9 Å². The monoisotopic (exact) mass is 316 g/mol. The maximum absolute atomic E-state index is 12.5. The van der Waals surface area contributed by atoms with Crippen molar-refractivity contribution in [1.82, 2.24) is 0 Å². The van der Waals surface area contributed by atoms with Gasteiger partial charge < -0.3 is 11.1 Å². The summed E-state index contributed by atoms with van der Waals surface area (Å²) < 4.78 is 37.4. The number of carbonyl (C=O) groups excluding carboxylic acids is 1. The van der Waals surface area contributed by atoms with Crippen LogP contribution in [-0.4, -0.2) is 10.9 Å². The minimum Gasteiger partial charge on any atom is -0.392 e. The molecule has 21 heavy (non-hydrogen) atoms. The average Bonchev–Trinajstić information content (AvgIpc) is 2.89. The maximum Gasteiger partial charge on any atom is 0.416 e. The first-order chi connectivity index (χ1) is 9.75. The maximum atomic E-state index is 12.5. The summed E-state index contributed by atoms with van der Waals surface area (Å²) in [5.74, 6) is -0.341.